The Bertz CT molecular complexity index is 2140. The summed E-state index contributed by atoms with van der Waals surface area (Å²) in [6.45, 7) is 6.61. The Labute approximate surface area is 299 Å². The van der Waals surface area contributed by atoms with Crippen LogP contribution in [-0.4, -0.2) is 31.4 Å². The van der Waals surface area contributed by atoms with Crippen LogP contribution in [0.3, 0.4) is 0 Å². The zero-order valence-corrected chi connectivity index (χ0v) is 29.9. The summed E-state index contributed by atoms with van der Waals surface area (Å²) in [5, 5.41) is 12.9. The van der Waals surface area contributed by atoms with E-state index in [1.54, 1.807) is 23.1 Å². The molecule has 0 atom stereocenters. The first-order valence-corrected chi connectivity index (χ1v) is 18.7. The second-order valence-electron chi connectivity index (χ2n) is 12.6. The third-order valence-corrected chi connectivity index (χ3v) is 11.4. The number of carbonyl (C=O) groups excluding carboxylic acids is 1. The van der Waals surface area contributed by atoms with Crippen LogP contribution in [0.4, 0.5) is 5.69 Å². The largest absolute Gasteiger partial charge is 0.325 e. The number of fused-ring (bicyclic) bond motifs is 1. The van der Waals surface area contributed by atoms with Gasteiger partial charge in [0.05, 0.1) is 21.2 Å². The molecule has 1 amide bonds. The van der Waals surface area contributed by atoms with Gasteiger partial charge >= 0.3 is 0 Å². The molecular weight excluding hydrogens is 663 g/mol. The van der Waals surface area contributed by atoms with E-state index in [1.165, 1.54) is 28.5 Å². The average Bonchev–Trinajstić information content (AvgIpc) is 3.74. The molecule has 0 unspecified atom stereocenters. The van der Waals surface area contributed by atoms with Gasteiger partial charge in [-0.1, -0.05) is 147 Å². The summed E-state index contributed by atoms with van der Waals surface area (Å²) in [5.74, 6) is 0.807. The van der Waals surface area contributed by atoms with Gasteiger partial charge in [-0.05, 0) is 52.4 Å². The molecule has 0 spiro atoms. The van der Waals surface area contributed by atoms with Crippen molar-refractivity contribution in [2.75, 3.05) is 11.1 Å². The SMILES string of the molecule is CC(C)(C)c1ccc(-c2nnc(SCC(=O)Nc3ccc4nc(SC(c5ccccc5)c5ccccc5)sc4c3)n2-c2ccccc2)cc1. The summed E-state index contributed by atoms with van der Waals surface area (Å²) < 4.78 is 4.03. The first kappa shape index (κ1) is 32.8. The van der Waals surface area contributed by atoms with Crippen LogP contribution in [0, 0.1) is 0 Å². The molecule has 0 aliphatic rings. The highest BCUT2D eigenvalue weighted by Gasteiger charge is 2.20. The molecule has 244 valence electrons. The van der Waals surface area contributed by atoms with E-state index in [9.17, 15) is 4.79 Å². The van der Waals surface area contributed by atoms with Crippen LogP contribution in [0.15, 0.2) is 143 Å². The van der Waals surface area contributed by atoms with Gasteiger partial charge in [0.1, 0.15) is 0 Å². The fourth-order valence-corrected chi connectivity index (χ4v) is 8.70. The molecule has 0 saturated heterocycles. The monoisotopic (exact) mass is 697 g/mol. The molecule has 9 heteroatoms. The first-order chi connectivity index (χ1) is 23.8. The van der Waals surface area contributed by atoms with Crippen molar-refractivity contribution in [1.29, 1.82) is 0 Å². The molecule has 49 heavy (non-hydrogen) atoms. The summed E-state index contributed by atoms with van der Waals surface area (Å²) in [5.41, 5.74) is 7.34. The van der Waals surface area contributed by atoms with E-state index in [0.29, 0.717) is 5.16 Å². The summed E-state index contributed by atoms with van der Waals surface area (Å²) in [6, 6.07) is 45.4. The van der Waals surface area contributed by atoms with E-state index in [2.05, 4.69) is 109 Å². The number of benzene rings is 5. The topological polar surface area (TPSA) is 72.7 Å². The van der Waals surface area contributed by atoms with Crippen molar-refractivity contribution in [3.8, 4) is 17.1 Å². The number of rotatable bonds is 10. The van der Waals surface area contributed by atoms with E-state index in [-0.39, 0.29) is 22.3 Å². The molecule has 7 aromatic rings. The Morgan fingerprint density at radius 3 is 2.06 bits per heavy atom. The van der Waals surface area contributed by atoms with Gasteiger partial charge in [0.2, 0.25) is 5.91 Å². The third kappa shape index (κ3) is 7.64. The van der Waals surface area contributed by atoms with E-state index in [4.69, 9.17) is 4.98 Å². The van der Waals surface area contributed by atoms with Crippen LogP contribution in [0.2, 0.25) is 0 Å². The Morgan fingerprint density at radius 2 is 1.43 bits per heavy atom. The fourth-order valence-electron chi connectivity index (χ4n) is 5.52. The van der Waals surface area contributed by atoms with Crippen molar-refractivity contribution in [1.82, 2.24) is 19.7 Å². The van der Waals surface area contributed by atoms with Crippen molar-refractivity contribution in [2.24, 2.45) is 0 Å². The number of anilines is 1. The summed E-state index contributed by atoms with van der Waals surface area (Å²) in [4.78, 5) is 18.2. The molecule has 2 heterocycles. The average molecular weight is 698 g/mol. The minimum atomic E-state index is -0.115. The predicted molar refractivity (Wildman–Crippen MR) is 205 cm³/mol. The number of carbonyl (C=O) groups is 1. The normalized spacial score (nSPS) is 11.7. The van der Waals surface area contributed by atoms with Crippen molar-refractivity contribution in [3.05, 3.63) is 150 Å². The lowest BCUT2D eigenvalue weighted by Crippen LogP contribution is -2.14. The number of nitrogens with zero attached hydrogens (tertiary/aromatic N) is 4. The first-order valence-electron chi connectivity index (χ1n) is 16.0. The maximum absolute atomic E-state index is 13.2. The summed E-state index contributed by atoms with van der Waals surface area (Å²) >= 11 is 4.76. The smallest absolute Gasteiger partial charge is 0.234 e. The van der Waals surface area contributed by atoms with E-state index < -0.39 is 0 Å². The van der Waals surface area contributed by atoms with Crippen molar-refractivity contribution >= 4 is 56.7 Å². The van der Waals surface area contributed by atoms with Crippen LogP contribution in [0.25, 0.3) is 27.3 Å². The van der Waals surface area contributed by atoms with Gasteiger partial charge in [0, 0.05) is 16.9 Å². The van der Waals surface area contributed by atoms with Gasteiger partial charge < -0.3 is 5.32 Å². The second-order valence-corrected chi connectivity index (χ2v) is 15.9. The van der Waals surface area contributed by atoms with Crippen molar-refractivity contribution in [3.63, 3.8) is 0 Å². The van der Waals surface area contributed by atoms with Crippen molar-refractivity contribution in [2.45, 2.75) is 40.9 Å². The van der Waals surface area contributed by atoms with Gasteiger partial charge in [-0.3, -0.25) is 9.36 Å². The molecular formula is C40H35N5OS3. The van der Waals surface area contributed by atoms with E-state index in [1.807, 2.05) is 65.2 Å². The quantitative estimate of drug-likeness (QED) is 0.143. The van der Waals surface area contributed by atoms with Crippen LogP contribution >= 0.6 is 34.9 Å². The lowest BCUT2D eigenvalue weighted by atomic mass is 9.87. The van der Waals surface area contributed by atoms with Gasteiger partial charge in [0.25, 0.3) is 0 Å². The highest BCUT2D eigenvalue weighted by atomic mass is 32.2. The van der Waals surface area contributed by atoms with Crippen LogP contribution in [-0.2, 0) is 10.2 Å². The Kier molecular flexibility index (Phi) is 9.66. The number of nitrogens with one attached hydrogen (secondary N) is 1. The number of para-hydroxylation sites is 1. The fraction of sp³-hybridized carbons (Fsp3) is 0.150. The lowest BCUT2D eigenvalue weighted by molar-refractivity contribution is -0.113. The molecule has 0 bridgehead atoms. The molecule has 2 aromatic heterocycles. The highest BCUT2D eigenvalue weighted by Crippen LogP contribution is 2.43. The molecule has 5 aromatic carbocycles. The zero-order chi connectivity index (χ0) is 33.8. The Hall–Kier alpha value is -4.70. The predicted octanol–water partition coefficient (Wildman–Crippen LogP) is 10.5. The molecule has 6 nitrogen and oxygen atoms in total. The van der Waals surface area contributed by atoms with E-state index >= 15 is 0 Å². The number of hydrogen-bond donors (Lipinski definition) is 1. The second kappa shape index (κ2) is 14.4. The minimum absolute atomic E-state index is 0.0552. The van der Waals surface area contributed by atoms with Gasteiger partial charge in [-0.25, -0.2) is 4.98 Å². The molecule has 0 aliphatic carbocycles. The lowest BCUT2D eigenvalue weighted by Gasteiger charge is -2.19. The number of hydrogen-bond acceptors (Lipinski definition) is 7. The minimum Gasteiger partial charge on any atom is -0.325 e. The standard InChI is InChI=1S/C40H35N5OS3/c1-40(2,3)30-21-19-29(20-22-30)37-43-44-38(45(37)32-17-11-6-12-18-32)47-26-35(46)41-31-23-24-33-34(25-31)48-39(42-33)49-36(27-13-7-4-8-14-27)28-15-9-5-10-16-28/h4-25,36H,26H2,1-3H3,(H,41,46). The number of amides is 1. The van der Waals surface area contributed by atoms with Gasteiger partial charge in [0.15, 0.2) is 15.3 Å². The maximum Gasteiger partial charge on any atom is 0.234 e. The highest BCUT2D eigenvalue weighted by molar-refractivity contribution is 8.01. The number of thioether (sulfide) groups is 2. The van der Waals surface area contributed by atoms with Gasteiger partial charge in [-0.15, -0.1) is 21.5 Å². The third-order valence-electron chi connectivity index (χ3n) is 8.07. The summed E-state index contributed by atoms with van der Waals surface area (Å²) in [7, 11) is 0. The zero-order valence-electron chi connectivity index (χ0n) is 27.4. The number of thiazole rings is 1. The number of aromatic nitrogens is 4. The van der Waals surface area contributed by atoms with Crippen LogP contribution in [0.5, 0.6) is 0 Å². The molecule has 0 radical (unpaired) electrons. The van der Waals surface area contributed by atoms with Crippen molar-refractivity contribution < 1.29 is 4.79 Å². The molecule has 0 saturated carbocycles. The summed E-state index contributed by atoms with van der Waals surface area (Å²) in [6.07, 6.45) is 0. The van der Waals surface area contributed by atoms with Gasteiger partial charge in [-0.2, -0.15) is 0 Å². The molecule has 7 rings (SSSR count). The van der Waals surface area contributed by atoms with Crippen LogP contribution in [0.1, 0.15) is 42.7 Å². The van der Waals surface area contributed by atoms with Crippen LogP contribution < -0.4 is 5.32 Å². The Balaban J connectivity index is 1.06. The Morgan fingerprint density at radius 1 is 0.796 bits per heavy atom. The van der Waals surface area contributed by atoms with E-state index in [0.717, 1.165) is 37.3 Å². The maximum atomic E-state index is 13.2. The molecule has 1 N–H and O–H groups in total. The molecule has 0 aliphatic heterocycles. The molecule has 0 fully saturated rings.